The van der Waals surface area contributed by atoms with Gasteiger partial charge in [-0.25, -0.2) is 4.98 Å². The Kier molecular flexibility index (Phi) is 4.01. The zero-order valence-corrected chi connectivity index (χ0v) is 13.0. The van der Waals surface area contributed by atoms with Gasteiger partial charge in [0.1, 0.15) is 12.1 Å². The van der Waals surface area contributed by atoms with Crippen molar-refractivity contribution in [3.63, 3.8) is 0 Å². The van der Waals surface area contributed by atoms with Crippen LogP contribution < -0.4 is 9.47 Å². The molecule has 0 atom stereocenters. The van der Waals surface area contributed by atoms with E-state index in [1.165, 1.54) is 0 Å². The predicted octanol–water partition coefficient (Wildman–Crippen LogP) is 3.98. The molecule has 0 aliphatic rings. The second kappa shape index (κ2) is 6.10. The molecule has 5 heteroatoms. The van der Waals surface area contributed by atoms with E-state index >= 15 is 0 Å². The minimum Gasteiger partial charge on any atom is -0.485 e. The molecule has 0 aliphatic carbocycles. The van der Waals surface area contributed by atoms with Crippen LogP contribution in [0.3, 0.4) is 0 Å². The number of pyridine rings is 2. The smallest absolute Gasteiger partial charge is 0.213 e. The highest BCUT2D eigenvalue weighted by Crippen LogP contribution is 2.32. The molecule has 21 heavy (non-hydrogen) atoms. The minimum atomic E-state index is 0.470. The predicted molar refractivity (Wildman–Crippen MR) is 84.6 cm³/mol. The lowest BCUT2D eigenvalue weighted by atomic mass is 10.2. The number of methoxy groups -OCH3 is 1. The minimum absolute atomic E-state index is 0.470. The fraction of sp³-hybridized carbons (Fsp3) is 0.125. The highest BCUT2D eigenvalue weighted by Gasteiger charge is 2.11. The molecule has 0 amide bonds. The van der Waals surface area contributed by atoms with Crippen LogP contribution in [0.2, 0.25) is 0 Å². The molecule has 4 nitrogen and oxygen atoms in total. The summed E-state index contributed by atoms with van der Waals surface area (Å²) in [5.74, 6) is 1.20. The number of aromatic nitrogens is 2. The van der Waals surface area contributed by atoms with Crippen molar-refractivity contribution in [2.75, 3.05) is 7.11 Å². The number of nitrogens with zero attached hydrogens (tertiary/aromatic N) is 2. The maximum absolute atomic E-state index is 5.93. The summed E-state index contributed by atoms with van der Waals surface area (Å²) in [4.78, 5) is 8.75. The number of halogens is 1. The van der Waals surface area contributed by atoms with Crippen molar-refractivity contribution in [1.29, 1.82) is 0 Å². The van der Waals surface area contributed by atoms with E-state index in [-0.39, 0.29) is 0 Å². The molecule has 106 valence electrons. The van der Waals surface area contributed by atoms with Gasteiger partial charge in [-0.2, -0.15) is 0 Å². The Morgan fingerprint density at radius 1 is 1.10 bits per heavy atom. The third kappa shape index (κ3) is 2.97. The molecule has 0 unspecified atom stereocenters. The van der Waals surface area contributed by atoms with Gasteiger partial charge in [-0.1, -0.05) is 30.3 Å². The summed E-state index contributed by atoms with van der Waals surface area (Å²) < 4.78 is 11.9. The van der Waals surface area contributed by atoms with Crippen LogP contribution in [0.5, 0.6) is 11.6 Å². The third-order valence-electron chi connectivity index (χ3n) is 3.03. The molecule has 3 aromatic rings. The molecule has 0 fully saturated rings. The second-order valence-electron chi connectivity index (χ2n) is 4.43. The van der Waals surface area contributed by atoms with Gasteiger partial charge in [0, 0.05) is 12.3 Å². The maximum atomic E-state index is 5.93. The summed E-state index contributed by atoms with van der Waals surface area (Å²) in [7, 11) is 1.59. The Balaban J connectivity index is 1.98. The molecule has 1 aromatic carbocycles. The molecular weight excluding hydrogens is 332 g/mol. The van der Waals surface area contributed by atoms with Gasteiger partial charge in [0.05, 0.1) is 17.1 Å². The first-order chi connectivity index (χ1) is 10.3. The number of hydrogen-bond donors (Lipinski definition) is 0. The van der Waals surface area contributed by atoms with Gasteiger partial charge < -0.3 is 9.47 Å². The maximum Gasteiger partial charge on any atom is 0.213 e. The number of hydrogen-bond acceptors (Lipinski definition) is 4. The molecule has 0 saturated heterocycles. The Morgan fingerprint density at radius 2 is 1.90 bits per heavy atom. The summed E-state index contributed by atoms with van der Waals surface area (Å²) in [5.41, 5.74) is 2.54. The zero-order valence-electron chi connectivity index (χ0n) is 11.4. The van der Waals surface area contributed by atoms with Crippen LogP contribution in [0.15, 0.2) is 53.1 Å². The second-order valence-corrected chi connectivity index (χ2v) is 5.29. The number of ether oxygens (including phenoxy) is 2. The van der Waals surface area contributed by atoms with Gasteiger partial charge in [0.2, 0.25) is 5.88 Å². The molecular formula is C16H13BrN2O2. The summed E-state index contributed by atoms with van der Waals surface area (Å²) >= 11 is 3.47. The van der Waals surface area contributed by atoms with Crippen molar-refractivity contribution >= 4 is 27.0 Å². The van der Waals surface area contributed by atoms with Crippen molar-refractivity contribution in [3.8, 4) is 11.6 Å². The van der Waals surface area contributed by atoms with Gasteiger partial charge >= 0.3 is 0 Å². The van der Waals surface area contributed by atoms with E-state index in [1.807, 2.05) is 36.4 Å². The van der Waals surface area contributed by atoms with Crippen molar-refractivity contribution in [3.05, 3.63) is 58.7 Å². The molecule has 0 N–H and O–H groups in total. The molecule has 3 rings (SSSR count). The summed E-state index contributed by atoms with van der Waals surface area (Å²) in [6.45, 7) is 0.470. The van der Waals surface area contributed by atoms with Crippen LogP contribution in [0.25, 0.3) is 11.0 Å². The Bertz CT molecular complexity index is 763. The first kappa shape index (κ1) is 13.8. The number of benzene rings is 1. The van der Waals surface area contributed by atoms with Crippen LogP contribution in [-0.4, -0.2) is 17.1 Å². The third-order valence-corrected chi connectivity index (χ3v) is 3.60. The molecule has 0 radical (unpaired) electrons. The van der Waals surface area contributed by atoms with Crippen LogP contribution in [0.4, 0.5) is 0 Å². The Labute approximate surface area is 130 Å². The first-order valence-electron chi connectivity index (χ1n) is 6.44. The zero-order chi connectivity index (χ0) is 14.7. The normalized spacial score (nSPS) is 10.6. The van der Waals surface area contributed by atoms with Crippen molar-refractivity contribution < 1.29 is 9.47 Å². The standard InChI is InChI=1S/C16H13BrN2O2/c1-20-14-8-7-13-15(19-14)16(12(17)9-18-13)21-10-11-5-3-2-4-6-11/h2-9H,10H2,1H3. The van der Waals surface area contributed by atoms with Crippen LogP contribution in [0.1, 0.15) is 5.56 Å². The summed E-state index contributed by atoms with van der Waals surface area (Å²) in [6, 6.07) is 13.6. The number of fused-ring (bicyclic) bond motifs is 1. The average molecular weight is 345 g/mol. The van der Waals surface area contributed by atoms with Gasteiger partial charge in [-0.3, -0.25) is 4.98 Å². The van der Waals surface area contributed by atoms with Crippen LogP contribution in [-0.2, 0) is 6.61 Å². The van der Waals surface area contributed by atoms with E-state index in [2.05, 4.69) is 25.9 Å². The van der Waals surface area contributed by atoms with E-state index in [1.54, 1.807) is 19.4 Å². The van der Waals surface area contributed by atoms with Gasteiger partial charge in [0.25, 0.3) is 0 Å². The highest BCUT2D eigenvalue weighted by molar-refractivity contribution is 9.10. The van der Waals surface area contributed by atoms with Crippen molar-refractivity contribution in [1.82, 2.24) is 9.97 Å². The van der Waals surface area contributed by atoms with Gasteiger partial charge in [-0.15, -0.1) is 0 Å². The van der Waals surface area contributed by atoms with E-state index in [4.69, 9.17) is 9.47 Å². The van der Waals surface area contributed by atoms with Crippen molar-refractivity contribution in [2.45, 2.75) is 6.61 Å². The lowest BCUT2D eigenvalue weighted by molar-refractivity contribution is 0.307. The molecule has 2 aromatic heterocycles. The monoisotopic (exact) mass is 344 g/mol. The lowest BCUT2D eigenvalue weighted by Gasteiger charge is -2.11. The summed E-state index contributed by atoms with van der Waals surface area (Å²) in [5, 5.41) is 0. The van der Waals surface area contributed by atoms with Crippen molar-refractivity contribution in [2.24, 2.45) is 0 Å². The fourth-order valence-corrected chi connectivity index (χ4v) is 2.39. The van der Waals surface area contributed by atoms with Crippen LogP contribution in [0, 0.1) is 0 Å². The molecule has 0 saturated carbocycles. The molecule has 0 aliphatic heterocycles. The van der Waals surface area contributed by atoms with E-state index in [9.17, 15) is 0 Å². The summed E-state index contributed by atoms with van der Waals surface area (Å²) in [6.07, 6.45) is 1.72. The highest BCUT2D eigenvalue weighted by atomic mass is 79.9. The number of rotatable bonds is 4. The van der Waals surface area contributed by atoms with Gasteiger partial charge in [0.15, 0.2) is 5.75 Å². The average Bonchev–Trinajstić information content (AvgIpc) is 2.54. The SMILES string of the molecule is COc1ccc2ncc(Br)c(OCc3ccccc3)c2n1. The topological polar surface area (TPSA) is 44.2 Å². The molecule has 2 heterocycles. The Hall–Kier alpha value is -2.14. The van der Waals surface area contributed by atoms with Gasteiger partial charge in [-0.05, 0) is 27.6 Å². The quantitative estimate of drug-likeness (QED) is 0.718. The van der Waals surface area contributed by atoms with E-state index in [0.29, 0.717) is 23.8 Å². The molecule has 0 spiro atoms. The van der Waals surface area contributed by atoms with E-state index in [0.717, 1.165) is 15.6 Å². The van der Waals surface area contributed by atoms with E-state index < -0.39 is 0 Å². The largest absolute Gasteiger partial charge is 0.485 e. The fourth-order valence-electron chi connectivity index (χ4n) is 1.98. The first-order valence-corrected chi connectivity index (χ1v) is 7.23. The van der Waals surface area contributed by atoms with Crippen LogP contribution >= 0.6 is 15.9 Å². The lowest BCUT2D eigenvalue weighted by Crippen LogP contribution is -1.99. The molecule has 0 bridgehead atoms. The Morgan fingerprint density at radius 3 is 2.67 bits per heavy atom.